The number of thioether (sulfide) groups is 1. The van der Waals surface area contributed by atoms with Crippen LogP contribution < -0.4 is 0 Å². The fourth-order valence-electron chi connectivity index (χ4n) is 2.89. The minimum Gasteiger partial charge on any atom is -0.341 e. The monoisotopic (exact) mass is 359 g/mol. The first kappa shape index (κ1) is 19.6. The minimum atomic E-state index is 0.129. The molecule has 136 valence electrons. The molecule has 0 aliphatic heterocycles. The lowest BCUT2D eigenvalue weighted by atomic mass is 10.1. The summed E-state index contributed by atoms with van der Waals surface area (Å²) >= 11 is 1.72. The van der Waals surface area contributed by atoms with Crippen LogP contribution in [0.2, 0.25) is 0 Å². The van der Waals surface area contributed by atoms with Gasteiger partial charge in [-0.2, -0.15) is 5.10 Å². The largest absolute Gasteiger partial charge is 0.341 e. The maximum absolute atomic E-state index is 12.7. The standard InChI is InChI=1S/C20H29N3OS/c1-14(2)12-23-16(4)19(15(3)21-23)11-20(24)22(5)13-17-7-9-18(25-6)10-8-17/h7-10,14H,11-13H2,1-6H3. The molecular formula is C20H29N3OS. The van der Waals surface area contributed by atoms with Gasteiger partial charge >= 0.3 is 0 Å². The van der Waals surface area contributed by atoms with E-state index in [0.717, 1.165) is 29.1 Å². The Bertz CT molecular complexity index is 719. The molecule has 0 saturated heterocycles. The van der Waals surface area contributed by atoms with Gasteiger partial charge in [0.1, 0.15) is 0 Å². The van der Waals surface area contributed by atoms with E-state index in [2.05, 4.69) is 56.4 Å². The van der Waals surface area contributed by atoms with Gasteiger partial charge in [0.25, 0.3) is 0 Å². The smallest absolute Gasteiger partial charge is 0.227 e. The number of aryl methyl sites for hydroxylation is 1. The van der Waals surface area contributed by atoms with Crippen LogP contribution in [-0.4, -0.2) is 33.9 Å². The van der Waals surface area contributed by atoms with Crippen molar-refractivity contribution in [1.82, 2.24) is 14.7 Å². The predicted octanol–water partition coefficient (Wildman–Crippen LogP) is 4.08. The molecule has 0 aliphatic rings. The number of carbonyl (C=O) groups excluding carboxylic acids is 1. The van der Waals surface area contributed by atoms with Crippen molar-refractivity contribution in [3.8, 4) is 0 Å². The summed E-state index contributed by atoms with van der Waals surface area (Å²) in [6.45, 7) is 9.93. The van der Waals surface area contributed by atoms with Crippen LogP contribution in [0.1, 0.15) is 36.4 Å². The number of benzene rings is 1. The van der Waals surface area contributed by atoms with Crippen LogP contribution in [0, 0.1) is 19.8 Å². The van der Waals surface area contributed by atoms with E-state index in [1.165, 1.54) is 4.90 Å². The summed E-state index contributed by atoms with van der Waals surface area (Å²) in [6.07, 6.45) is 2.48. The van der Waals surface area contributed by atoms with Crippen molar-refractivity contribution >= 4 is 17.7 Å². The molecule has 0 radical (unpaired) electrons. The zero-order valence-corrected chi connectivity index (χ0v) is 17.0. The van der Waals surface area contributed by atoms with Crippen LogP contribution in [0.3, 0.4) is 0 Å². The van der Waals surface area contributed by atoms with Crippen LogP contribution in [0.4, 0.5) is 0 Å². The van der Waals surface area contributed by atoms with Crippen LogP contribution in [0.25, 0.3) is 0 Å². The molecule has 0 fully saturated rings. The third-order valence-corrected chi connectivity index (χ3v) is 5.15. The number of carbonyl (C=O) groups is 1. The van der Waals surface area contributed by atoms with Crippen molar-refractivity contribution in [2.75, 3.05) is 13.3 Å². The van der Waals surface area contributed by atoms with Crippen molar-refractivity contribution in [2.45, 2.75) is 52.1 Å². The third-order valence-electron chi connectivity index (χ3n) is 4.40. The van der Waals surface area contributed by atoms with E-state index in [1.807, 2.05) is 18.7 Å². The molecule has 0 saturated carbocycles. The molecule has 0 spiro atoms. The van der Waals surface area contributed by atoms with Gasteiger partial charge in [-0.1, -0.05) is 26.0 Å². The van der Waals surface area contributed by atoms with Crippen molar-refractivity contribution in [1.29, 1.82) is 0 Å². The molecule has 2 aromatic rings. The van der Waals surface area contributed by atoms with Gasteiger partial charge in [0.05, 0.1) is 12.1 Å². The second kappa shape index (κ2) is 8.56. The van der Waals surface area contributed by atoms with E-state index in [1.54, 1.807) is 16.7 Å². The van der Waals surface area contributed by atoms with Crippen molar-refractivity contribution < 1.29 is 4.79 Å². The lowest BCUT2D eigenvalue weighted by Gasteiger charge is -2.18. The first-order valence-corrected chi connectivity index (χ1v) is 9.94. The molecule has 1 amide bonds. The fourth-order valence-corrected chi connectivity index (χ4v) is 3.30. The van der Waals surface area contributed by atoms with E-state index in [-0.39, 0.29) is 5.91 Å². The van der Waals surface area contributed by atoms with Gasteiger partial charge in [-0.05, 0) is 43.7 Å². The van der Waals surface area contributed by atoms with Crippen molar-refractivity contribution in [3.63, 3.8) is 0 Å². The second-order valence-electron chi connectivity index (χ2n) is 7.00. The molecule has 25 heavy (non-hydrogen) atoms. The highest BCUT2D eigenvalue weighted by Crippen LogP contribution is 2.18. The van der Waals surface area contributed by atoms with E-state index < -0.39 is 0 Å². The number of likely N-dealkylation sites (N-methyl/N-ethyl adjacent to an activating group) is 1. The first-order chi connectivity index (χ1) is 11.8. The SMILES string of the molecule is CSc1ccc(CN(C)C(=O)Cc2c(C)nn(CC(C)C)c2C)cc1. The summed E-state index contributed by atoms with van der Waals surface area (Å²) in [6, 6.07) is 8.38. The molecule has 2 rings (SSSR count). The normalized spacial score (nSPS) is 11.2. The highest BCUT2D eigenvalue weighted by molar-refractivity contribution is 7.98. The lowest BCUT2D eigenvalue weighted by molar-refractivity contribution is -0.129. The molecule has 0 aliphatic carbocycles. The molecule has 1 heterocycles. The molecule has 1 aromatic carbocycles. The number of amides is 1. The Labute approximate surface area is 155 Å². The van der Waals surface area contributed by atoms with E-state index >= 15 is 0 Å². The molecule has 5 heteroatoms. The molecule has 0 N–H and O–H groups in total. The average Bonchev–Trinajstić information content (AvgIpc) is 2.82. The second-order valence-corrected chi connectivity index (χ2v) is 7.88. The van der Waals surface area contributed by atoms with Gasteiger partial charge in [0.15, 0.2) is 0 Å². The summed E-state index contributed by atoms with van der Waals surface area (Å²) in [5.74, 6) is 0.665. The van der Waals surface area contributed by atoms with Crippen LogP contribution in [0.15, 0.2) is 29.2 Å². The van der Waals surface area contributed by atoms with Gasteiger partial charge < -0.3 is 4.90 Å². The molecule has 0 unspecified atom stereocenters. The van der Waals surface area contributed by atoms with Crippen LogP contribution in [0.5, 0.6) is 0 Å². The Morgan fingerprint density at radius 1 is 1.24 bits per heavy atom. The number of hydrogen-bond donors (Lipinski definition) is 0. The van der Waals surface area contributed by atoms with E-state index in [9.17, 15) is 4.79 Å². The highest BCUT2D eigenvalue weighted by Gasteiger charge is 2.18. The number of hydrogen-bond acceptors (Lipinski definition) is 3. The molecule has 0 bridgehead atoms. The summed E-state index contributed by atoms with van der Waals surface area (Å²) in [7, 11) is 1.87. The van der Waals surface area contributed by atoms with Gasteiger partial charge in [0, 0.05) is 36.3 Å². The third kappa shape index (κ3) is 5.11. The summed E-state index contributed by atoms with van der Waals surface area (Å²) in [4.78, 5) is 15.7. The molecule has 1 aromatic heterocycles. The number of aromatic nitrogens is 2. The Morgan fingerprint density at radius 2 is 1.88 bits per heavy atom. The van der Waals surface area contributed by atoms with Gasteiger partial charge in [-0.3, -0.25) is 9.48 Å². The number of nitrogens with zero attached hydrogens (tertiary/aromatic N) is 3. The zero-order valence-electron chi connectivity index (χ0n) is 16.2. The fraction of sp³-hybridized carbons (Fsp3) is 0.500. The van der Waals surface area contributed by atoms with E-state index in [4.69, 9.17) is 0 Å². The Balaban J connectivity index is 2.04. The quantitative estimate of drug-likeness (QED) is 0.699. The lowest BCUT2D eigenvalue weighted by Crippen LogP contribution is -2.28. The van der Waals surface area contributed by atoms with Gasteiger partial charge in [-0.25, -0.2) is 0 Å². The van der Waals surface area contributed by atoms with Gasteiger partial charge in [-0.15, -0.1) is 11.8 Å². The maximum Gasteiger partial charge on any atom is 0.227 e. The Morgan fingerprint density at radius 3 is 2.44 bits per heavy atom. The molecule has 0 atom stereocenters. The predicted molar refractivity (Wildman–Crippen MR) is 105 cm³/mol. The van der Waals surface area contributed by atoms with Crippen LogP contribution in [-0.2, 0) is 24.3 Å². The topological polar surface area (TPSA) is 38.1 Å². The van der Waals surface area contributed by atoms with Crippen molar-refractivity contribution in [2.24, 2.45) is 5.92 Å². The Hall–Kier alpha value is -1.75. The van der Waals surface area contributed by atoms with Crippen molar-refractivity contribution in [3.05, 3.63) is 46.8 Å². The number of rotatable bonds is 7. The van der Waals surface area contributed by atoms with Crippen LogP contribution >= 0.6 is 11.8 Å². The van der Waals surface area contributed by atoms with Gasteiger partial charge in [0.2, 0.25) is 5.91 Å². The Kier molecular flexibility index (Phi) is 6.71. The maximum atomic E-state index is 12.7. The zero-order chi connectivity index (χ0) is 18.6. The summed E-state index contributed by atoms with van der Waals surface area (Å²) < 4.78 is 2.03. The first-order valence-electron chi connectivity index (χ1n) is 8.71. The minimum absolute atomic E-state index is 0.129. The molecular weight excluding hydrogens is 330 g/mol. The van der Waals surface area contributed by atoms with E-state index in [0.29, 0.717) is 18.9 Å². The summed E-state index contributed by atoms with van der Waals surface area (Å²) in [5, 5.41) is 4.61. The average molecular weight is 360 g/mol. The summed E-state index contributed by atoms with van der Waals surface area (Å²) in [5.41, 5.74) is 4.29. The highest BCUT2D eigenvalue weighted by atomic mass is 32.2. The molecule has 4 nitrogen and oxygen atoms in total.